The molecular formula is C13H21NOS. The molecule has 1 rings (SSSR count). The van der Waals surface area contributed by atoms with Crippen LogP contribution in [0.5, 0.6) is 0 Å². The van der Waals surface area contributed by atoms with Crippen LogP contribution >= 0.6 is 11.3 Å². The highest BCUT2D eigenvalue weighted by Gasteiger charge is 2.12. The number of nitrogens with two attached hydrogens (primary N) is 1. The number of rotatable bonds is 8. The van der Waals surface area contributed by atoms with Crippen molar-refractivity contribution >= 4 is 17.1 Å². The first kappa shape index (κ1) is 13.4. The quantitative estimate of drug-likeness (QED) is 0.757. The van der Waals surface area contributed by atoms with Crippen molar-refractivity contribution in [1.82, 2.24) is 0 Å². The van der Waals surface area contributed by atoms with Crippen molar-refractivity contribution in [3.63, 3.8) is 0 Å². The molecule has 0 spiro atoms. The van der Waals surface area contributed by atoms with Gasteiger partial charge in [0.2, 0.25) is 0 Å². The van der Waals surface area contributed by atoms with E-state index in [9.17, 15) is 4.79 Å². The average Bonchev–Trinajstić information content (AvgIpc) is 2.78. The number of aryl methyl sites for hydroxylation is 1. The van der Waals surface area contributed by atoms with Crippen LogP contribution in [-0.4, -0.2) is 11.8 Å². The fourth-order valence-electron chi connectivity index (χ4n) is 1.66. The molecule has 0 fully saturated rings. The largest absolute Gasteiger partial charge is 0.322 e. The van der Waals surface area contributed by atoms with Crippen LogP contribution in [-0.2, 0) is 11.2 Å². The Bertz CT molecular complexity index is 295. The zero-order chi connectivity index (χ0) is 11.8. The molecule has 0 aliphatic carbocycles. The van der Waals surface area contributed by atoms with E-state index in [1.54, 1.807) is 11.3 Å². The Kier molecular flexibility index (Phi) is 6.34. The van der Waals surface area contributed by atoms with E-state index in [0.29, 0.717) is 6.42 Å². The molecule has 1 aromatic rings. The van der Waals surface area contributed by atoms with Crippen LogP contribution in [0.15, 0.2) is 17.5 Å². The molecule has 0 saturated carbocycles. The summed E-state index contributed by atoms with van der Waals surface area (Å²) in [6.07, 6.45) is 5.56. The predicted octanol–water partition coefficient (Wildman–Crippen LogP) is 3.16. The van der Waals surface area contributed by atoms with Crippen molar-refractivity contribution in [2.75, 3.05) is 0 Å². The summed E-state index contributed by atoms with van der Waals surface area (Å²) < 4.78 is 0. The average molecular weight is 239 g/mol. The molecule has 0 saturated heterocycles. The zero-order valence-corrected chi connectivity index (χ0v) is 10.8. The molecule has 0 bridgehead atoms. The Morgan fingerprint density at radius 1 is 1.50 bits per heavy atom. The normalized spacial score (nSPS) is 12.6. The molecule has 0 aliphatic rings. The van der Waals surface area contributed by atoms with Gasteiger partial charge in [0.05, 0.1) is 6.04 Å². The van der Waals surface area contributed by atoms with E-state index in [4.69, 9.17) is 5.73 Å². The van der Waals surface area contributed by atoms with E-state index in [2.05, 4.69) is 24.4 Å². The van der Waals surface area contributed by atoms with Crippen LogP contribution in [0, 0.1) is 0 Å². The highest BCUT2D eigenvalue weighted by Crippen LogP contribution is 2.12. The summed E-state index contributed by atoms with van der Waals surface area (Å²) in [5.41, 5.74) is 5.82. The molecule has 0 amide bonds. The summed E-state index contributed by atoms with van der Waals surface area (Å²) >= 11 is 1.75. The summed E-state index contributed by atoms with van der Waals surface area (Å²) in [4.78, 5) is 13.0. The maximum atomic E-state index is 11.7. The highest BCUT2D eigenvalue weighted by molar-refractivity contribution is 7.09. The van der Waals surface area contributed by atoms with Crippen molar-refractivity contribution in [2.45, 2.75) is 51.5 Å². The van der Waals surface area contributed by atoms with Gasteiger partial charge < -0.3 is 5.73 Å². The summed E-state index contributed by atoms with van der Waals surface area (Å²) in [5, 5.41) is 2.07. The standard InChI is InChI=1S/C13H21NOS/c1-2-3-8-12(14)13(15)9-4-6-11-7-5-10-16-11/h5,7,10,12H,2-4,6,8-9,14H2,1H3/t12-/m0/s1. The molecule has 1 heterocycles. The predicted molar refractivity (Wildman–Crippen MR) is 69.8 cm³/mol. The van der Waals surface area contributed by atoms with Crippen molar-refractivity contribution in [3.05, 3.63) is 22.4 Å². The third-order valence-corrected chi connectivity index (χ3v) is 3.64. The van der Waals surface area contributed by atoms with Gasteiger partial charge in [0.15, 0.2) is 0 Å². The Morgan fingerprint density at radius 3 is 2.94 bits per heavy atom. The van der Waals surface area contributed by atoms with Gasteiger partial charge in [-0.15, -0.1) is 11.3 Å². The molecular weight excluding hydrogens is 218 g/mol. The first-order valence-corrected chi connectivity index (χ1v) is 6.92. The molecule has 2 nitrogen and oxygen atoms in total. The molecule has 0 aromatic carbocycles. The third-order valence-electron chi connectivity index (χ3n) is 2.71. The van der Waals surface area contributed by atoms with Gasteiger partial charge in [0.25, 0.3) is 0 Å². The molecule has 0 aliphatic heterocycles. The topological polar surface area (TPSA) is 43.1 Å². The monoisotopic (exact) mass is 239 g/mol. The third kappa shape index (κ3) is 4.90. The number of hydrogen-bond donors (Lipinski definition) is 1. The van der Waals surface area contributed by atoms with Gasteiger partial charge in [-0.1, -0.05) is 25.8 Å². The number of hydrogen-bond acceptors (Lipinski definition) is 3. The lowest BCUT2D eigenvalue weighted by Gasteiger charge is -2.09. The second-order valence-corrected chi connectivity index (χ2v) is 5.18. The lowest BCUT2D eigenvalue weighted by molar-refractivity contribution is -0.120. The Morgan fingerprint density at radius 2 is 2.31 bits per heavy atom. The number of carbonyl (C=O) groups is 1. The van der Waals surface area contributed by atoms with Crippen molar-refractivity contribution < 1.29 is 4.79 Å². The molecule has 2 N–H and O–H groups in total. The summed E-state index contributed by atoms with van der Waals surface area (Å²) in [5.74, 6) is 0.227. The summed E-state index contributed by atoms with van der Waals surface area (Å²) in [6.45, 7) is 2.12. The van der Waals surface area contributed by atoms with Gasteiger partial charge >= 0.3 is 0 Å². The number of thiophene rings is 1. The lowest BCUT2D eigenvalue weighted by atomic mass is 10.0. The van der Waals surface area contributed by atoms with Crippen molar-refractivity contribution in [2.24, 2.45) is 5.73 Å². The van der Waals surface area contributed by atoms with Gasteiger partial charge in [-0.05, 0) is 30.7 Å². The maximum Gasteiger partial charge on any atom is 0.149 e. The minimum atomic E-state index is -0.233. The van der Waals surface area contributed by atoms with Gasteiger partial charge in [0, 0.05) is 11.3 Å². The minimum absolute atomic E-state index is 0.227. The molecule has 16 heavy (non-hydrogen) atoms. The van der Waals surface area contributed by atoms with E-state index in [0.717, 1.165) is 32.1 Å². The second kappa shape index (κ2) is 7.58. The fraction of sp³-hybridized carbons (Fsp3) is 0.615. The number of unbranched alkanes of at least 4 members (excludes halogenated alkanes) is 1. The van der Waals surface area contributed by atoms with E-state index < -0.39 is 0 Å². The van der Waals surface area contributed by atoms with Gasteiger partial charge in [-0.3, -0.25) is 4.79 Å². The van der Waals surface area contributed by atoms with Crippen LogP contribution in [0.1, 0.15) is 43.9 Å². The van der Waals surface area contributed by atoms with E-state index in [-0.39, 0.29) is 11.8 Å². The molecule has 90 valence electrons. The first-order valence-electron chi connectivity index (χ1n) is 6.04. The van der Waals surface area contributed by atoms with Crippen molar-refractivity contribution in [3.8, 4) is 0 Å². The fourth-order valence-corrected chi connectivity index (χ4v) is 2.41. The number of ketones is 1. The second-order valence-electron chi connectivity index (χ2n) is 4.15. The first-order chi connectivity index (χ1) is 7.74. The van der Waals surface area contributed by atoms with E-state index in [1.807, 2.05) is 0 Å². The zero-order valence-electron chi connectivity index (χ0n) is 9.95. The minimum Gasteiger partial charge on any atom is -0.322 e. The number of carbonyl (C=O) groups excluding carboxylic acids is 1. The van der Waals surface area contributed by atoms with Crippen molar-refractivity contribution in [1.29, 1.82) is 0 Å². The number of Topliss-reactive ketones (excluding diaryl/α,β-unsaturated/α-hetero) is 1. The molecule has 1 aromatic heterocycles. The van der Waals surface area contributed by atoms with E-state index in [1.165, 1.54) is 4.88 Å². The van der Waals surface area contributed by atoms with Crippen LogP contribution in [0.4, 0.5) is 0 Å². The van der Waals surface area contributed by atoms with Gasteiger partial charge in [-0.25, -0.2) is 0 Å². The Labute approximate surface area is 102 Å². The SMILES string of the molecule is CCCC[C@H](N)C(=O)CCCc1cccs1. The Balaban J connectivity index is 2.14. The molecule has 0 radical (unpaired) electrons. The molecule has 0 unspecified atom stereocenters. The van der Waals surface area contributed by atoms with Gasteiger partial charge in [-0.2, -0.15) is 0 Å². The molecule has 3 heteroatoms. The van der Waals surface area contributed by atoms with Crippen LogP contribution < -0.4 is 5.73 Å². The smallest absolute Gasteiger partial charge is 0.149 e. The van der Waals surface area contributed by atoms with E-state index >= 15 is 0 Å². The maximum absolute atomic E-state index is 11.7. The summed E-state index contributed by atoms with van der Waals surface area (Å²) in [7, 11) is 0. The Hall–Kier alpha value is -0.670. The lowest BCUT2D eigenvalue weighted by Crippen LogP contribution is -2.30. The highest BCUT2D eigenvalue weighted by atomic mass is 32.1. The van der Waals surface area contributed by atoms with Crippen LogP contribution in [0.3, 0.4) is 0 Å². The van der Waals surface area contributed by atoms with Crippen LogP contribution in [0.2, 0.25) is 0 Å². The van der Waals surface area contributed by atoms with Gasteiger partial charge in [0.1, 0.15) is 5.78 Å². The molecule has 1 atom stereocenters. The van der Waals surface area contributed by atoms with Crippen LogP contribution in [0.25, 0.3) is 0 Å². The summed E-state index contributed by atoms with van der Waals surface area (Å²) in [6, 6.07) is 3.93.